The molecular formula is C22H25N3O6S2. The second-order valence-electron chi connectivity index (χ2n) is 7.06. The summed E-state index contributed by atoms with van der Waals surface area (Å²) in [6, 6.07) is 8.00. The molecular weight excluding hydrogens is 466 g/mol. The first-order valence-corrected chi connectivity index (χ1v) is 12.3. The number of ether oxygens (including phenoxy) is 1. The molecule has 3 rings (SSSR count). The number of carboxylic acids is 1. The van der Waals surface area contributed by atoms with E-state index in [1.165, 1.54) is 22.7 Å². The van der Waals surface area contributed by atoms with Crippen molar-refractivity contribution < 1.29 is 29.0 Å². The molecule has 1 aromatic carbocycles. The van der Waals surface area contributed by atoms with Crippen LogP contribution < -0.4 is 10.1 Å². The molecule has 0 spiro atoms. The van der Waals surface area contributed by atoms with E-state index < -0.39 is 29.2 Å². The predicted molar refractivity (Wildman–Crippen MR) is 126 cm³/mol. The van der Waals surface area contributed by atoms with E-state index in [2.05, 4.69) is 5.32 Å². The molecule has 0 aliphatic carbocycles. The van der Waals surface area contributed by atoms with Gasteiger partial charge in [-0.1, -0.05) is 30.0 Å². The first kappa shape index (κ1) is 24.7. The van der Waals surface area contributed by atoms with E-state index in [9.17, 15) is 24.3 Å². The maximum atomic E-state index is 12.7. The Morgan fingerprint density at radius 3 is 2.61 bits per heavy atom. The number of benzene rings is 1. The van der Waals surface area contributed by atoms with Crippen LogP contribution in [0.5, 0.6) is 5.75 Å². The average Bonchev–Trinajstić information content (AvgIpc) is 2.82. The van der Waals surface area contributed by atoms with Gasteiger partial charge in [0.05, 0.1) is 0 Å². The summed E-state index contributed by atoms with van der Waals surface area (Å²) in [5.74, 6) is -1.46. The number of carbonyl (C=O) groups excluding carboxylic acids is 3. The highest BCUT2D eigenvalue weighted by atomic mass is 32.2. The Morgan fingerprint density at radius 2 is 1.97 bits per heavy atom. The number of fused-ring (bicyclic) bond motifs is 1. The van der Waals surface area contributed by atoms with Gasteiger partial charge in [0, 0.05) is 29.8 Å². The van der Waals surface area contributed by atoms with E-state index in [-0.39, 0.29) is 18.2 Å². The van der Waals surface area contributed by atoms with Crippen LogP contribution >= 0.6 is 23.5 Å². The van der Waals surface area contributed by atoms with Crippen LogP contribution in [0.4, 0.5) is 0 Å². The summed E-state index contributed by atoms with van der Waals surface area (Å²) in [6.07, 6.45) is 1.40. The number of carboxylic acid groups (broad SMARTS) is 1. The lowest BCUT2D eigenvalue weighted by Crippen LogP contribution is -2.70. The molecule has 2 heterocycles. The molecule has 0 saturated carbocycles. The van der Waals surface area contributed by atoms with Gasteiger partial charge in [-0.2, -0.15) is 0 Å². The fourth-order valence-corrected chi connectivity index (χ4v) is 5.69. The predicted octanol–water partition coefficient (Wildman–Crippen LogP) is 1.88. The van der Waals surface area contributed by atoms with Gasteiger partial charge >= 0.3 is 5.97 Å². The summed E-state index contributed by atoms with van der Waals surface area (Å²) in [5, 5.41) is 13.4. The van der Waals surface area contributed by atoms with Crippen LogP contribution in [0, 0.1) is 0 Å². The highest BCUT2D eigenvalue weighted by Crippen LogP contribution is 2.43. The molecule has 1 aromatic rings. The Labute approximate surface area is 200 Å². The molecule has 0 radical (unpaired) electrons. The third-order valence-corrected chi connectivity index (χ3v) is 7.42. The largest absolute Gasteiger partial charge is 0.484 e. The van der Waals surface area contributed by atoms with Crippen LogP contribution in [-0.2, 0) is 19.2 Å². The van der Waals surface area contributed by atoms with Crippen LogP contribution in [0.1, 0.15) is 13.8 Å². The van der Waals surface area contributed by atoms with Crippen molar-refractivity contribution >= 4 is 47.2 Å². The summed E-state index contributed by atoms with van der Waals surface area (Å²) >= 11 is 2.47. The summed E-state index contributed by atoms with van der Waals surface area (Å²) in [6.45, 7) is 4.67. The first-order valence-electron chi connectivity index (χ1n) is 10.4. The maximum absolute atomic E-state index is 12.7. The maximum Gasteiger partial charge on any atom is 0.353 e. The van der Waals surface area contributed by atoms with E-state index >= 15 is 0 Å². The Hall–Kier alpha value is -2.92. The molecule has 33 heavy (non-hydrogen) atoms. The number of β-lactam (4-membered cyclic amide) rings is 1. The molecule has 2 atom stereocenters. The van der Waals surface area contributed by atoms with E-state index in [1.807, 2.05) is 19.9 Å². The van der Waals surface area contributed by atoms with Crippen molar-refractivity contribution in [2.75, 3.05) is 25.4 Å². The number of thioether (sulfide) groups is 2. The Kier molecular flexibility index (Phi) is 8.45. The van der Waals surface area contributed by atoms with Crippen LogP contribution in [0.15, 0.2) is 52.4 Å². The first-order chi connectivity index (χ1) is 15.9. The molecule has 0 bridgehead atoms. The van der Waals surface area contributed by atoms with Gasteiger partial charge in [-0.05, 0) is 31.4 Å². The van der Waals surface area contributed by atoms with Crippen LogP contribution in [0.25, 0.3) is 0 Å². The number of hydrogen-bond acceptors (Lipinski definition) is 7. The molecule has 3 amide bonds. The fourth-order valence-electron chi connectivity index (χ4n) is 3.38. The number of para-hydroxylation sites is 1. The Morgan fingerprint density at radius 1 is 1.27 bits per heavy atom. The van der Waals surface area contributed by atoms with Gasteiger partial charge in [0.15, 0.2) is 6.61 Å². The highest BCUT2D eigenvalue weighted by molar-refractivity contribution is 8.08. The van der Waals surface area contributed by atoms with Gasteiger partial charge in [-0.25, -0.2) is 4.79 Å². The van der Waals surface area contributed by atoms with Gasteiger partial charge < -0.3 is 20.1 Å². The molecule has 0 aromatic heterocycles. The minimum atomic E-state index is -1.23. The molecule has 1 fully saturated rings. The second-order valence-corrected chi connectivity index (χ2v) is 9.17. The number of carbonyl (C=O) groups is 4. The molecule has 9 nitrogen and oxygen atoms in total. The Balaban J connectivity index is 1.62. The summed E-state index contributed by atoms with van der Waals surface area (Å²) in [5.41, 5.74) is -0.111. The quantitative estimate of drug-likeness (QED) is 0.377. The molecule has 2 aliphatic rings. The van der Waals surface area contributed by atoms with Crippen molar-refractivity contribution in [3.63, 3.8) is 0 Å². The summed E-state index contributed by atoms with van der Waals surface area (Å²) in [4.78, 5) is 52.2. The van der Waals surface area contributed by atoms with Crippen molar-refractivity contribution in [2.45, 2.75) is 25.3 Å². The number of hydrogen-bond donors (Lipinski definition) is 2. The number of likely N-dealkylation sites (N-methyl/N-ethyl adjacent to an activating group) is 1. The standard InChI is InChI=1S/C22H25N3O6S2/c1-3-24(4-2)17(27)10-11-32-15-13-33-21-18(20(28)25(21)19(15)22(29)30)23-16(26)12-31-14-8-6-5-7-9-14/h5-11,18,21H,3-4,12-13H2,1-2H3,(H,23,26)(H,29,30)/t18-,21+/m1/s1. The lowest BCUT2D eigenvalue weighted by atomic mass is 10.1. The van der Waals surface area contributed by atoms with Crippen LogP contribution in [-0.4, -0.2) is 75.5 Å². The van der Waals surface area contributed by atoms with Crippen molar-refractivity contribution in [1.29, 1.82) is 0 Å². The lowest BCUT2D eigenvalue weighted by molar-refractivity contribution is -0.150. The Bertz CT molecular complexity index is 978. The van der Waals surface area contributed by atoms with E-state index in [0.29, 0.717) is 29.5 Å². The van der Waals surface area contributed by atoms with Crippen molar-refractivity contribution in [3.8, 4) is 5.75 Å². The number of amides is 3. The lowest BCUT2D eigenvalue weighted by Gasteiger charge is -2.49. The number of nitrogens with zero attached hydrogens (tertiary/aromatic N) is 2. The third kappa shape index (κ3) is 5.72. The molecule has 11 heteroatoms. The SMILES string of the molecule is CCN(CC)C(=O)C=CSC1=C(C(=O)O)N2C(=O)[C@@H](NC(=O)COc3ccccc3)[C@@H]2SC1. The van der Waals surface area contributed by atoms with Gasteiger partial charge in [-0.3, -0.25) is 19.3 Å². The minimum Gasteiger partial charge on any atom is -0.484 e. The summed E-state index contributed by atoms with van der Waals surface area (Å²) < 4.78 is 5.39. The third-order valence-electron chi connectivity index (χ3n) is 5.06. The number of nitrogens with one attached hydrogen (secondary N) is 1. The van der Waals surface area contributed by atoms with Gasteiger partial charge in [0.25, 0.3) is 11.8 Å². The average molecular weight is 492 g/mol. The minimum absolute atomic E-state index is 0.111. The smallest absolute Gasteiger partial charge is 0.353 e. The zero-order valence-corrected chi connectivity index (χ0v) is 19.9. The zero-order chi connectivity index (χ0) is 24.0. The normalized spacial score (nSPS) is 19.7. The highest BCUT2D eigenvalue weighted by Gasteiger charge is 2.54. The molecule has 176 valence electrons. The van der Waals surface area contributed by atoms with Gasteiger partial charge in [0.1, 0.15) is 22.9 Å². The fraction of sp³-hybridized carbons (Fsp3) is 0.364. The topological polar surface area (TPSA) is 116 Å². The second kappa shape index (κ2) is 11.3. The monoisotopic (exact) mass is 491 g/mol. The van der Waals surface area contributed by atoms with Crippen molar-refractivity contribution in [2.24, 2.45) is 0 Å². The molecule has 2 N–H and O–H groups in total. The van der Waals surface area contributed by atoms with Crippen molar-refractivity contribution in [3.05, 3.63) is 52.4 Å². The van der Waals surface area contributed by atoms with Crippen LogP contribution in [0.2, 0.25) is 0 Å². The molecule has 0 unspecified atom stereocenters. The van der Waals surface area contributed by atoms with Crippen molar-refractivity contribution in [1.82, 2.24) is 15.1 Å². The number of rotatable bonds is 10. The van der Waals surface area contributed by atoms with Gasteiger partial charge in [0.2, 0.25) is 5.91 Å². The van der Waals surface area contributed by atoms with E-state index in [0.717, 1.165) is 11.8 Å². The number of aliphatic carboxylic acids is 1. The van der Waals surface area contributed by atoms with E-state index in [1.54, 1.807) is 34.6 Å². The molecule has 1 saturated heterocycles. The zero-order valence-electron chi connectivity index (χ0n) is 18.2. The molecule has 2 aliphatic heterocycles. The summed E-state index contributed by atoms with van der Waals surface area (Å²) in [7, 11) is 0. The van der Waals surface area contributed by atoms with Gasteiger partial charge in [-0.15, -0.1) is 11.8 Å². The van der Waals surface area contributed by atoms with E-state index in [4.69, 9.17) is 4.74 Å². The van der Waals surface area contributed by atoms with Crippen LogP contribution in [0.3, 0.4) is 0 Å².